The molecule has 0 spiro atoms. The second-order valence-corrected chi connectivity index (χ2v) is 9.92. The number of hydrogen-bond acceptors (Lipinski definition) is 4. The molecule has 1 fully saturated rings. The summed E-state index contributed by atoms with van der Waals surface area (Å²) in [5.41, 5.74) is 5.61. The van der Waals surface area contributed by atoms with Crippen molar-refractivity contribution in [2.45, 2.75) is 25.3 Å². The third kappa shape index (κ3) is 4.63. The number of rotatable bonds is 3. The first-order valence-electron chi connectivity index (χ1n) is 11.1. The molecule has 0 saturated carbocycles. The van der Waals surface area contributed by atoms with Gasteiger partial charge in [0, 0.05) is 58.7 Å². The number of fused-ring (bicyclic) bond motifs is 2. The molecule has 1 saturated heterocycles. The van der Waals surface area contributed by atoms with Gasteiger partial charge in [0.25, 0.3) is 0 Å². The van der Waals surface area contributed by atoms with Crippen molar-refractivity contribution in [2.24, 2.45) is 0 Å². The summed E-state index contributed by atoms with van der Waals surface area (Å²) in [6.45, 7) is 2.83. The molecule has 1 atom stereocenters. The van der Waals surface area contributed by atoms with Crippen molar-refractivity contribution in [1.82, 2.24) is 14.8 Å². The number of aryl methyl sites for hydroxylation is 2. The lowest BCUT2D eigenvalue weighted by Crippen LogP contribution is -2.50. The molecular formula is C25H25BrClN4O2+. The summed E-state index contributed by atoms with van der Waals surface area (Å²) in [4.78, 5) is 22.1. The molecule has 6 nitrogen and oxygen atoms in total. The van der Waals surface area contributed by atoms with Crippen LogP contribution in [0.25, 0.3) is 0 Å². The van der Waals surface area contributed by atoms with E-state index in [9.17, 15) is 10.0 Å². The Balaban J connectivity index is 1.38. The third-order valence-corrected chi connectivity index (χ3v) is 7.34. The third-order valence-electron chi connectivity index (χ3n) is 6.58. The number of piperazine rings is 1. The highest BCUT2D eigenvalue weighted by Crippen LogP contribution is 2.40. The van der Waals surface area contributed by atoms with Gasteiger partial charge in [0.05, 0.1) is 18.2 Å². The van der Waals surface area contributed by atoms with Gasteiger partial charge in [-0.05, 0) is 63.2 Å². The van der Waals surface area contributed by atoms with Crippen LogP contribution in [0, 0.1) is 0 Å². The molecule has 1 aliphatic carbocycles. The summed E-state index contributed by atoms with van der Waals surface area (Å²) in [5.74, 6) is 0.104. The van der Waals surface area contributed by atoms with Crippen molar-refractivity contribution in [3.05, 3.63) is 92.4 Å². The van der Waals surface area contributed by atoms with E-state index < -0.39 is 0 Å². The maximum Gasteiger partial charge on any atom is 0.227 e. The summed E-state index contributed by atoms with van der Waals surface area (Å²) in [6.07, 6.45) is 7.13. The number of aromatic nitrogens is 2. The van der Waals surface area contributed by atoms with Gasteiger partial charge in [0.1, 0.15) is 0 Å². The van der Waals surface area contributed by atoms with E-state index in [1.165, 1.54) is 23.5 Å². The second kappa shape index (κ2) is 9.41. The van der Waals surface area contributed by atoms with E-state index in [2.05, 4.69) is 33.0 Å². The standard InChI is InChI=1S/C25H25BrClN4O2/c26-20-15-19-5-4-18-2-1-3-21(27)23(18)25(24(19)28-16-20)30-12-10-29(11-13-30)22(32)14-17-6-8-31(33)9-7-17/h1-3,6-9,15-16,25,33H,4-5,10-14H2/q+1. The predicted molar refractivity (Wildman–Crippen MR) is 128 cm³/mol. The minimum Gasteiger partial charge on any atom is -0.340 e. The first kappa shape index (κ1) is 22.3. The number of nitrogens with zero attached hydrogens (tertiary/aromatic N) is 4. The van der Waals surface area contributed by atoms with E-state index in [-0.39, 0.29) is 11.9 Å². The fraction of sp³-hybridized carbons (Fsp3) is 0.320. The smallest absolute Gasteiger partial charge is 0.227 e. The largest absolute Gasteiger partial charge is 0.340 e. The van der Waals surface area contributed by atoms with Crippen molar-refractivity contribution in [1.29, 1.82) is 0 Å². The zero-order chi connectivity index (χ0) is 22.9. The molecule has 1 N–H and O–H groups in total. The Morgan fingerprint density at radius 1 is 1.12 bits per heavy atom. The zero-order valence-corrected chi connectivity index (χ0v) is 20.5. The molecule has 33 heavy (non-hydrogen) atoms. The minimum atomic E-state index is -0.0225. The topological polar surface area (TPSA) is 60.6 Å². The second-order valence-electron chi connectivity index (χ2n) is 8.59. The van der Waals surface area contributed by atoms with E-state index in [1.807, 2.05) is 23.2 Å². The minimum absolute atomic E-state index is 0.0225. The summed E-state index contributed by atoms with van der Waals surface area (Å²) < 4.78 is 1.97. The van der Waals surface area contributed by atoms with Gasteiger partial charge in [-0.2, -0.15) is 0 Å². The molecule has 0 radical (unpaired) electrons. The van der Waals surface area contributed by atoms with E-state index in [0.29, 0.717) is 19.5 Å². The van der Waals surface area contributed by atoms with Gasteiger partial charge >= 0.3 is 0 Å². The fourth-order valence-electron chi connectivity index (χ4n) is 4.89. The van der Waals surface area contributed by atoms with Crippen LogP contribution < -0.4 is 4.73 Å². The summed E-state index contributed by atoms with van der Waals surface area (Å²) >= 11 is 10.3. The van der Waals surface area contributed by atoms with Crippen LogP contribution in [0.15, 0.2) is 59.5 Å². The van der Waals surface area contributed by atoms with Gasteiger partial charge < -0.3 is 4.90 Å². The van der Waals surface area contributed by atoms with E-state index >= 15 is 0 Å². The number of pyridine rings is 2. The van der Waals surface area contributed by atoms with Crippen LogP contribution in [0.3, 0.4) is 0 Å². The van der Waals surface area contributed by atoms with Gasteiger partial charge in [-0.1, -0.05) is 23.7 Å². The highest BCUT2D eigenvalue weighted by molar-refractivity contribution is 9.10. The molecule has 3 heterocycles. The van der Waals surface area contributed by atoms with Crippen LogP contribution in [0.5, 0.6) is 0 Å². The van der Waals surface area contributed by atoms with Crippen LogP contribution in [0.2, 0.25) is 5.02 Å². The number of halogens is 2. The highest BCUT2D eigenvalue weighted by Gasteiger charge is 2.34. The molecule has 3 aromatic rings. The van der Waals surface area contributed by atoms with E-state index in [1.54, 1.807) is 12.1 Å². The van der Waals surface area contributed by atoms with Gasteiger partial charge in [-0.15, -0.1) is 0 Å². The Labute approximate surface area is 206 Å². The van der Waals surface area contributed by atoms with E-state index in [4.69, 9.17) is 16.6 Å². The molecule has 8 heteroatoms. The van der Waals surface area contributed by atoms with Crippen LogP contribution in [0.1, 0.15) is 34.0 Å². The quantitative estimate of drug-likeness (QED) is 0.417. The van der Waals surface area contributed by atoms with Crippen LogP contribution in [0.4, 0.5) is 0 Å². The Bertz CT molecular complexity index is 1180. The Hall–Kier alpha value is -2.48. The molecule has 2 aliphatic rings. The molecule has 170 valence electrons. The maximum absolute atomic E-state index is 12.9. The van der Waals surface area contributed by atoms with Gasteiger partial charge in [-0.25, -0.2) is 0 Å². The summed E-state index contributed by atoms with van der Waals surface area (Å²) in [7, 11) is 0. The number of carbonyl (C=O) groups is 1. The number of carbonyl (C=O) groups excluding carboxylic acids is 1. The fourth-order valence-corrected chi connectivity index (χ4v) is 5.57. The molecule has 1 aromatic carbocycles. The lowest BCUT2D eigenvalue weighted by Gasteiger charge is -2.40. The van der Waals surface area contributed by atoms with Crippen molar-refractivity contribution >= 4 is 33.4 Å². The molecule has 1 unspecified atom stereocenters. The van der Waals surface area contributed by atoms with Crippen molar-refractivity contribution in [3.8, 4) is 0 Å². The Morgan fingerprint density at radius 2 is 1.85 bits per heavy atom. The summed E-state index contributed by atoms with van der Waals surface area (Å²) in [6, 6.07) is 11.8. The Kier molecular flexibility index (Phi) is 6.36. The molecule has 1 aliphatic heterocycles. The molecular weight excluding hydrogens is 504 g/mol. The number of benzene rings is 1. The predicted octanol–water partition coefficient (Wildman–Crippen LogP) is 3.60. The van der Waals surface area contributed by atoms with Crippen molar-refractivity contribution < 1.29 is 14.7 Å². The average Bonchev–Trinajstić information content (AvgIpc) is 2.98. The molecule has 0 bridgehead atoms. The van der Waals surface area contributed by atoms with Gasteiger partial charge in [-0.3, -0.25) is 19.9 Å². The average molecular weight is 529 g/mol. The number of amides is 1. The maximum atomic E-state index is 12.9. The monoisotopic (exact) mass is 527 g/mol. The first-order valence-corrected chi connectivity index (χ1v) is 12.3. The lowest BCUT2D eigenvalue weighted by molar-refractivity contribution is -0.904. The van der Waals surface area contributed by atoms with E-state index in [0.717, 1.165) is 57.0 Å². The van der Waals surface area contributed by atoms with Crippen molar-refractivity contribution in [2.75, 3.05) is 26.2 Å². The SMILES string of the molecule is O=C(Cc1cc[n+](O)cc1)N1CCN(C2c3ncc(Br)cc3CCc3cccc(Cl)c32)CC1. The highest BCUT2D eigenvalue weighted by atomic mass is 79.9. The zero-order valence-electron chi connectivity index (χ0n) is 18.1. The van der Waals surface area contributed by atoms with Crippen LogP contribution in [-0.2, 0) is 24.1 Å². The molecule has 2 aromatic heterocycles. The molecule has 5 rings (SSSR count). The summed E-state index contributed by atoms with van der Waals surface area (Å²) in [5, 5.41) is 10.2. The van der Waals surface area contributed by atoms with Gasteiger partial charge in [0.2, 0.25) is 18.3 Å². The lowest BCUT2D eigenvalue weighted by atomic mass is 9.96. The Morgan fingerprint density at radius 3 is 2.61 bits per heavy atom. The van der Waals surface area contributed by atoms with Gasteiger partial charge in [0.15, 0.2) is 0 Å². The molecule has 1 amide bonds. The van der Waals surface area contributed by atoms with Crippen LogP contribution in [-0.4, -0.2) is 52.1 Å². The normalized spacial score (nSPS) is 18.4. The van der Waals surface area contributed by atoms with Crippen molar-refractivity contribution in [3.63, 3.8) is 0 Å². The number of hydrogen-bond donors (Lipinski definition) is 1. The van der Waals surface area contributed by atoms with Crippen LogP contribution >= 0.6 is 27.5 Å². The first-order chi connectivity index (χ1) is 16.0.